The number of carbonyl (C=O) groups excluding carboxylic acids is 4. The van der Waals surface area contributed by atoms with Crippen molar-refractivity contribution in [1.82, 2.24) is 9.80 Å². The lowest BCUT2D eigenvalue weighted by atomic mass is 9.54. The third kappa shape index (κ3) is 7.96. The summed E-state index contributed by atoms with van der Waals surface area (Å²) in [6.07, 6.45) is 19.1. The van der Waals surface area contributed by atoms with Gasteiger partial charge >= 0.3 is 11.9 Å². The fourth-order valence-corrected chi connectivity index (χ4v) is 8.00. The van der Waals surface area contributed by atoms with Crippen molar-refractivity contribution < 1.29 is 39.0 Å². The highest BCUT2D eigenvalue weighted by Crippen LogP contribution is 2.57. The summed E-state index contributed by atoms with van der Waals surface area (Å²) in [5.41, 5.74) is 0. The lowest BCUT2D eigenvalue weighted by Crippen LogP contribution is -2.50. The van der Waals surface area contributed by atoms with Crippen LogP contribution in [0.1, 0.15) is 116 Å². The molecule has 10 heteroatoms. The largest absolute Gasteiger partial charge is 0.481 e. The minimum atomic E-state index is -0.749. The van der Waals surface area contributed by atoms with Gasteiger partial charge in [-0.25, -0.2) is 0 Å². The molecule has 10 nitrogen and oxygen atoms in total. The molecule has 244 valence electrons. The predicted octanol–water partition coefficient (Wildman–Crippen LogP) is 5.20. The highest BCUT2D eigenvalue weighted by Gasteiger charge is 2.68. The Bertz CT molecular complexity index is 975. The molecule has 0 spiro atoms. The molecule has 2 bridgehead atoms. The van der Waals surface area contributed by atoms with E-state index in [0.717, 1.165) is 89.9 Å². The van der Waals surface area contributed by atoms with Crippen molar-refractivity contribution in [1.29, 1.82) is 0 Å². The molecular weight excluding hydrogens is 564 g/mol. The quantitative estimate of drug-likeness (QED) is 0.0961. The first-order valence-corrected chi connectivity index (χ1v) is 17.1. The average molecular weight is 615 g/mol. The van der Waals surface area contributed by atoms with Crippen LogP contribution >= 0.6 is 0 Å². The molecule has 4 atom stereocenters. The number of carboxylic acids is 2. The van der Waals surface area contributed by atoms with Crippen LogP contribution in [-0.2, 0) is 28.8 Å². The summed E-state index contributed by atoms with van der Waals surface area (Å²) in [5.74, 6) is -5.21. The Kier molecular flexibility index (Phi) is 12.6. The molecule has 0 radical (unpaired) electrons. The number of carboxylic acid groups (broad SMARTS) is 2. The van der Waals surface area contributed by atoms with Crippen LogP contribution in [0.25, 0.3) is 0 Å². The molecule has 44 heavy (non-hydrogen) atoms. The van der Waals surface area contributed by atoms with Gasteiger partial charge in [0.25, 0.3) is 0 Å². The molecule has 3 aliphatic carbocycles. The van der Waals surface area contributed by atoms with Gasteiger partial charge in [0.05, 0.1) is 23.7 Å². The van der Waals surface area contributed by atoms with Gasteiger partial charge in [0, 0.05) is 37.8 Å². The van der Waals surface area contributed by atoms with Crippen molar-refractivity contribution in [3.05, 3.63) is 12.2 Å². The minimum Gasteiger partial charge on any atom is -0.481 e. The van der Waals surface area contributed by atoms with Gasteiger partial charge in [0.2, 0.25) is 23.6 Å². The number of hydrogen-bond donors (Lipinski definition) is 2. The first-order chi connectivity index (χ1) is 21.2. The number of aliphatic carboxylic acids is 2. The fraction of sp³-hybridized carbons (Fsp3) is 0.765. The monoisotopic (exact) mass is 614 g/mol. The molecule has 0 aromatic rings. The maximum atomic E-state index is 13.5. The molecular formula is C34H50N2O8. The molecule has 0 aromatic heterocycles. The second kappa shape index (κ2) is 16.3. The standard InChI is InChI=1S/C34H50N2O8/c37-25(38)17-13-9-5-1-3-7-11-15-21-35-31(41)27-23-19-20-24(28(27)32(35)42)30-29(23)33(43)36(34(30)44)22-16-12-8-4-2-6-10-14-18-26(39)40/h19-20,23-24,27-30H,1-18,21-22H2,(H,37,38)(H,39,40). The zero-order valence-corrected chi connectivity index (χ0v) is 26.0. The summed E-state index contributed by atoms with van der Waals surface area (Å²) in [6, 6.07) is 0. The zero-order valence-electron chi connectivity index (χ0n) is 26.0. The lowest BCUT2D eigenvalue weighted by molar-refractivity contribution is -0.141. The molecule has 4 amide bonds. The lowest BCUT2D eigenvalue weighted by Gasteiger charge is -2.44. The molecule has 3 fully saturated rings. The first-order valence-electron chi connectivity index (χ1n) is 17.1. The van der Waals surface area contributed by atoms with Gasteiger partial charge in [-0.3, -0.25) is 38.6 Å². The van der Waals surface area contributed by atoms with Crippen LogP contribution in [0.3, 0.4) is 0 Å². The van der Waals surface area contributed by atoms with Gasteiger partial charge in [0.15, 0.2) is 0 Å². The average Bonchev–Trinajstić information content (AvgIpc) is 3.41. The van der Waals surface area contributed by atoms with Crippen molar-refractivity contribution in [2.45, 2.75) is 116 Å². The number of imide groups is 2. The van der Waals surface area contributed by atoms with E-state index in [2.05, 4.69) is 0 Å². The van der Waals surface area contributed by atoms with E-state index < -0.39 is 47.4 Å². The molecule has 0 aromatic carbocycles. The second-order valence-electron chi connectivity index (χ2n) is 13.2. The molecule has 2 aliphatic heterocycles. The number of carbonyl (C=O) groups is 6. The van der Waals surface area contributed by atoms with Gasteiger partial charge in [-0.05, 0) is 25.7 Å². The Morgan fingerprint density at radius 1 is 0.455 bits per heavy atom. The van der Waals surface area contributed by atoms with Crippen LogP contribution in [0.4, 0.5) is 0 Å². The van der Waals surface area contributed by atoms with E-state index >= 15 is 0 Å². The highest BCUT2D eigenvalue weighted by molar-refractivity contribution is 6.10. The van der Waals surface area contributed by atoms with Gasteiger partial charge in [0.1, 0.15) is 0 Å². The number of unbranched alkanes of at least 4 members (excludes halogenated alkanes) is 14. The maximum Gasteiger partial charge on any atom is 0.303 e. The summed E-state index contributed by atoms with van der Waals surface area (Å²) in [5, 5.41) is 17.4. The molecule has 2 N–H and O–H groups in total. The van der Waals surface area contributed by atoms with E-state index in [-0.39, 0.29) is 36.5 Å². The molecule has 4 unspecified atom stereocenters. The number of rotatable bonds is 22. The van der Waals surface area contributed by atoms with E-state index in [1.165, 1.54) is 9.80 Å². The molecule has 1 saturated carbocycles. The van der Waals surface area contributed by atoms with Crippen LogP contribution in [-0.4, -0.2) is 68.7 Å². The fourth-order valence-electron chi connectivity index (χ4n) is 8.00. The van der Waals surface area contributed by atoms with Crippen LogP contribution in [0.15, 0.2) is 12.2 Å². The van der Waals surface area contributed by atoms with Crippen LogP contribution in [0, 0.1) is 35.5 Å². The summed E-state index contributed by atoms with van der Waals surface area (Å²) in [6.45, 7) is 0.767. The highest BCUT2D eigenvalue weighted by atomic mass is 16.4. The third-order valence-electron chi connectivity index (χ3n) is 10.2. The van der Waals surface area contributed by atoms with Crippen LogP contribution in [0.2, 0.25) is 0 Å². The number of hydrogen-bond acceptors (Lipinski definition) is 6. The Labute approximate surface area is 260 Å². The number of allylic oxidation sites excluding steroid dienone is 2. The van der Waals surface area contributed by atoms with Crippen molar-refractivity contribution in [3.63, 3.8) is 0 Å². The van der Waals surface area contributed by atoms with Crippen molar-refractivity contribution in [3.8, 4) is 0 Å². The maximum absolute atomic E-state index is 13.5. The van der Waals surface area contributed by atoms with E-state index in [1.807, 2.05) is 12.2 Å². The smallest absolute Gasteiger partial charge is 0.303 e. The SMILES string of the molecule is O=C(O)CCCCCCCCCCN1C(=O)C2C3C=CC(C2C1=O)C1C(=O)N(CCCCCCCCCCC(=O)O)C(=O)C31. The second-order valence-corrected chi connectivity index (χ2v) is 13.2. The third-order valence-corrected chi connectivity index (χ3v) is 10.2. The number of likely N-dealkylation sites (tertiary alicyclic amines) is 2. The van der Waals surface area contributed by atoms with Gasteiger partial charge in [-0.2, -0.15) is 0 Å². The molecule has 5 rings (SSSR count). The van der Waals surface area contributed by atoms with Crippen LogP contribution < -0.4 is 0 Å². The normalized spacial score (nSPS) is 27.0. The Hall–Kier alpha value is -3.04. The topological polar surface area (TPSA) is 149 Å². The van der Waals surface area contributed by atoms with E-state index in [1.54, 1.807) is 0 Å². The Balaban J connectivity index is 1.18. The Morgan fingerprint density at radius 3 is 0.977 bits per heavy atom. The zero-order chi connectivity index (χ0) is 31.6. The number of amides is 4. The summed E-state index contributed by atoms with van der Waals surface area (Å²) >= 11 is 0. The van der Waals surface area contributed by atoms with Crippen molar-refractivity contribution in [2.75, 3.05) is 13.1 Å². The van der Waals surface area contributed by atoms with E-state index in [9.17, 15) is 28.8 Å². The Morgan fingerprint density at radius 2 is 0.705 bits per heavy atom. The summed E-state index contributed by atoms with van der Waals surface area (Å²) < 4.78 is 0. The summed E-state index contributed by atoms with van der Waals surface area (Å²) in [4.78, 5) is 77.9. The van der Waals surface area contributed by atoms with Gasteiger partial charge in [-0.15, -0.1) is 0 Å². The van der Waals surface area contributed by atoms with Crippen molar-refractivity contribution >= 4 is 35.6 Å². The van der Waals surface area contributed by atoms with Gasteiger partial charge < -0.3 is 10.2 Å². The number of nitrogens with zero attached hydrogens (tertiary/aromatic N) is 2. The molecule has 2 saturated heterocycles. The van der Waals surface area contributed by atoms with Crippen molar-refractivity contribution in [2.24, 2.45) is 35.5 Å². The molecule has 5 aliphatic rings. The minimum absolute atomic E-state index is 0.183. The predicted molar refractivity (Wildman–Crippen MR) is 162 cm³/mol. The molecule has 2 heterocycles. The van der Waals surface area contributed by atoms with E-state index in [4.69, 9.17) is 10.2 Å². The van der Waals surface area contributed by atoms with Gasteiger partial charge in [-0.1, -0.05) is 89.2 Å². The first kappa shape index (κ1) is 33.8. The van der Waals surface area contributed by atoms with E-state index in [0.29, 0.717) is 25.9 Å². The van der Waals surface area contributed by atoms with Crippen LogP contribution in [0.5, 0.6) is 0 Å². The summed E-state index contributed by atoms with van der Waals surface area (Å²) in [7, 11) is 0.